The van der Waals surface area contributed by atoms with Gasteiger partial charge in [-0.05, 0) is 55.8 Å². The van der Waals surface area contributed by atoms with Crippen LogP contribution in [0.3, 0.4) is 0 Å². The third-order valence-corrected chi connectivity index (χ3v) is 7.21. The molecule has 0 spiro atoms. The Morgan fingerprint density at radius 1 is 1.10 bits per heavy atom. The normalized spacial score (nSPS) is 22.8. The number of imide groups is 1. The molecule has 0 radical (unpaired) electrons. The van der Waals surface area contributed by atoms with Crippen LogP contribution in [0.5, 0.6) is 5.75 Å². The number of methoxy groups -OCH3 is 1. The Hall–Kier alpha value is -2.77. The molecule has 2 saturated heterocycles. The van der Waals surface area contributed by atoms with E-state index in [4.69, 9.17) is 9.72 Å². The third-order valence-electron chi connectivity index (χ3n) is 6.01. The van der Waals surface area contributed by atoms with Crippen LogP contribution in [0.1, 0.15) is 30.2 Å². The maximum Gasteiger partial charge on any atom is 0.251 e. The first-order valence-electron chi connectivity index (χ1n) is 10.2. The highest BCUT2D eigenvalue weighted by molar-refractivity contribution is 7.18. The van der Waals surface area contributed by atoms with Crippen molar-refractivity contribution in [1.29, 1.82) is 0 Å². The molecule has 3 heterocycles. The van der Waals surface area contributed by atoms with E-state index in [0.717, 1.165) is 36.5 Å². The van der Waals surface area contributed by atoms with E-state index in [9.17, 15) is 9.59 Å². The maximum absolute atomic E-state index is 13.2. The third kappa shape index (κ3) is 3.38. The molecule has 2 amide bonds. The number of carbonyl (C=O) groups excluding carboxylic acids is 2. The lowest BCUT2D eigenvalue weighted by atomic mass is 9.97. The molecule has 154 valence electrons. The minimum absolute atomic E-state index is 0.130. The maximum atomic E-state index is 13.2. The Labute approximate surface area is 179 Å². The smallest absolute Gasteiger partial charge is 0.251 e. The first-order chi connectivity index (χ1) is 14.6. The molecule has 5 rings (SSSR count). The number of anilines is 1. The van der Waals surface area contributed by atoms with Crippen molar-refractivity contribution < 1.29 is 14.3 Å². The molecule has 0 bridgehead atoms. The largest absolute Gasteiger partial charge is 0.497 e. The molecule has 0 aliphatic carbocycles. The van der Waals surface area contributed by atoms with E-state index in [1.807, 2.05) is 18.2 Å². The van der Waals surface area contributed by atoms with E-state index in [2.05, 4.69) is 11.0 Å². The second-order valence-corrected chi connectivity index (χ2v) is 8.90. The lowest BCUT2D eigenvalue weighted by Crippen LogP contribution is -2.46. The summed E-state index contributed by atoms with van der Waals surface area (Å²) in [6, 6.07) is 14.9. The van der Waals surface area contributed by atoms with Gasteiger partial charge in [0, 0.05) is 12.5 Å². The molecule has 2 aromatic carbocycles. The molecule has 1 aromatic heterocycles. The number of piperidine rings is 1. The number of amides is 2. The summed E-state index contributed by atoms with van der Waals surface area (Å²) >= 11 is 1.74. The molecular formula is C23H23N3O3S. The lowest BCUT2D eigenvalue weighted by Gasteiger charge is -2.34. The molecule has 30 heavy (non-hydrogen) atoms. The van der Waals surface area contributed by atoms with Crippen molar-refractivity contribution >= 4 is 39.1 Å². The zero-order chi connectivity index (χ0) is 20.7. The number of aromatic nitrogens is 1. The van der Waals surface area contributed by atoms with Crippen LogP contribution in [0.15, 0.2) is 48.5 Å². The molecule has 2 atom stereocenters. The number of hydrogen-bond donors (Lipinski definition) is 0. The minimum Gasteiger partial charge on any atom is -0.497 e. The van der Waals surface area contributed by atoms with Crippen molar-refractivity contribution in [2.45, 2.75) is 31.2 Å². The van der Waals surface area contributed by atoms with Crippen LogP contribution in [-0.4, -0.2) is 47.9 Å². The Kier molecular flexibility index (Phi) is 5.00. The van der Waals surface area contributed by atoms with Crippen molar-refractivity contribution in [2.24, 2.45) is 0 Å². The zero-order valence-corrected chi connectivity index (χ0v) is 17.6. The predicted molar refractivity (Wildman–Crippen MR) is 117 cm³/mol. The Morgan fingerprint density at radius 2 is 1.90 bits per heavy atom. The second kappa shape index (κ2) is 7.81. The van der Waals surface area contributed by atoms with E-state index < -0.39 is 6.04 Å². The van der Waals surface area contributed by atoms with Crippen LogP contribution in [0.2, 0.25) is 0 Å². The number of benzene rings is 2. The molecular weight excluding hydrogens is 398 g/mol. The predicted octanol–water partition coefficient (Wildman–Crippen LogP) is 3.82. The van der Waals surface area contributed by atoms with Gasteiger partial charge in [0.1, 0.15) is 5.75 Å². The van der Waals surface area contributed by atoms with E-state index in [1.165, 1.54) is 9.60 Å². The van der Waals surface area contributed by atoms with Crippen molar-refractivity contribution in [3.05, 3.63) is 53.5 Å². The van der Waals surface area contributed by atoms with Gasteiger partial charge in [-0.15, -0.1) is 11.3 Å². The number of para-hydroxylation sites is 1. The van der Waals surface area contributed by atoms with Gasteiger partial charge in [0.25, 0.3) is 5.91 Å². The molecule has 2 fully saturated rings. The monoisotopic (exact) mass is 421 g/mol. The van der Waals surface area contributed by atoms with Gasteiger partial charge in [-0.1, -0.05) is 12.1 Å². The molecule has 0 unspecified atom stereocenters. The summed E-state index contributed by atoms with van der Waals surface area (Å²) in [5, 5.41) is 1.13. The fourth-order valence-electron chi connectivity index (χ4n) is 4.46. The summed E-state index contributed by atoms with van der Waals surface area (Å²) < 4.78 is 6.37. The topological polar surface area (TPSA) is 62.7 Å². The molecule has 0 saturated carbocycles. The summed E-state index contributed by atoms with van der Waals surface area (Å²) in [6.45, 7) is 1.60. The van der Waals surface area contributed by atoms with E-state index in [-0.39, 0.29) is 18.2 Å². The number of thiazole rings is 1. The van der Waals surface area contributed by atoms with Crippen LogP contribution >= 0.6 is 11.3 Å². The standard InChI is InChI=1S/C23H23N3O3S/c1-29-17-10-8-16(9-11-17)26-21(27)13-19(23(26)28)25-12-4-5-15(14-25)22-24-18-6-2-3-7-20(18)30-22/h2-3,6-11,15,19H,4-5,12-14H2,1H3/t15-,19-/m0/s1. The first-order valence-corrected chi connectivity index (χ1v) is 11.1. The fourth-order valence-corrected chi connectivity index (χ4v) is 5.55. The number of rotatable bonds is 4. The lowest BCUT2D eigenvalue weighted by molar-refractivity contribution is -0.123. The number of likely N-dealkylation sites (tertiary alicyclic amines) is 1. The van der Waals surface area contributed by atoms with Gasteiger partial charge in [-0.25, -0.2) is 9.88 Å². The van der Waals surface area contributed by atoms with Crippen LogP contribution in [-0.2, 0) is 9.59 Å². The van der Waals surface area contributed by atoms with Gasteiger partial charge in [0.15, 0.2) is 0 Å². The van der Waals surface area contributed by atoms with Gasteiger partial charge >= 0.3 is 0 Å². The number of ether oxygens (including phenoxy) is 1. The van der Waals surface area contributed by atoms with Gasteiger partial charge in [0.05, 0.1) is 40.5 Å². The van der Waals surface area contributed by atoms with E-state index in [0.29, 0.717) is 17.4 Å². The number of hydrogen-bond acceptors (Lipinski definition) is 6. The molecule has 7 heteroatoms. The Morgan fingerprint density at radius 3 is 2.67 bits per heavy atom. The van der Waals surface area contributed by atoms with Crippen LogP contribution in [0.4, 0.5) is 5.69 Å². The average Bonchev–Trinajstić information content (AvgIpc) is 3.34. The van der Waals surface area contributed by atoms with Crippen molar-refractivity contribution in [3.8, 4) is 5.75 Å². The zero-order valence-electron chi connectivity index (χ0n) is 16.8. The second-order valence-electron chi connectivity index (χ2n) is 7.84. The average molecular weight is 422 g/mol. The number of nitrogens with zero attached hydrogens (tertiary/aromatic N) is 3. The summed E-state index contributed by atoms with van der Waals surface area (Å²) in [5.74, 6) is 0.727. The summed E-state index contributed by atoms with van der Waals surface area (Å²) in [7, 11) is 1.59. The summed E-state index contributed by atoms with van der Waals surface area (Å²) in [4.78, 5) is 34.2. The number of fused-ring (bicyclic) bond motifs is 1. The highest BCUT2D eigenvalue weighted by Gasteiger charge is 2.44. The molecule has 3 aromatic rings. The van der Waals surface area contributed by atoms with Crippen molar-refractivity contribution in [1.82, 2.24) is 9.88 Å². The highest BCUT2D eigenvalue weighted by atomic mass is 32.1. The molecule has 6 nitrogen and oxygen atoms in total. The van der Waals surface area contributed by atoms with Crippen LogP contribution in [0, 0.1) is 0 Å². The van der Waals surface area contributed by atoms with Crippen molar-refractivity contribution in [2.75, 3.05) is 25.1 Å². The van der Waals surface area contributed by atoms with Gasteiger partial charge < -0.3 is 4.74 Å². The van der Waals surface area contributed by atoms with Gasteiger partial charge in [-0.2, -0.15) is 0 Å². The highest BCUT2D eigenvalue weighted by Crippen LogP contribution is 2.35. The summed E-state index contributed by atoms with van der Waals surface area (Å²) in [5.41, 5.74) is 1.64. The molecule has 0 N–H and O–H groups in total. The molecule has 2 aliphatic rings. The van der Waals surface area contributed by atoms with Crippen LogP contribution in [0.25, 0.3) is 10.2 Å². The Bertz CT molecular complexity index is 1060. The van der Waals surface area contributed by atoms with Gasteiger partial charge in [0.2, 0.25) is 5.91 Å². The Balaban J connectivity index is 1.34. The minimum atomic E-state index is -0.392. The number of carbonyl (C=O) groups is 2. The SMILES string of the molecule is COc1ccc(N2C(=O)C[C@H](N3CCC[C@H](c4nc5ccccc5s4)C3)C2=O)cc1. The van der Waals surface area contributed by atoms with Crippen molar-refractivity contribution in [3.63, 3.8) is 0 Å². The van der Waals surface area contributed by atoms with Crippen LogP contribution < -0.4 is 9.64 Å². The summed E-state index contributed by atoms with van der Waals surface area (Å²) in [6.07, 6.45) is 2.30. The van der Waals surface area contributed by atoms with Gasteiger partial charge in [-0.3, -0.25) is 14.5 Å². The van der Waals surface area contributed by atoms with E-state index >= 15 is 0 Å². The quantitative estimate of drug-likeness (QED) is 0.600. The fraction of sp³-hybridized carbons (Fsp3) is 0.348. The molecule has 2 aliphatic heterocycles. The van der Waals surface area contributed by atoms with E-state index in [1.54, 1.807) is 42.7 Å². The first kappa shape index (κ1) is 19.2.